The van der Waals surface area contributed by atoms with Crippen LogP contribution in [0.15, 0.2) is 53.1 Å². The van der Waals surface area contributed by atoms with Gasteiger partial charge in [0, 0.05) is 18.7 Å². The Morgan fingerprint density at radius 3 is 2.56 bits per heavy atom. The van der Waals surface area contributed by atoms with Crippen molar-refractivity contribution in [2.75, 3.05) is 19.6 Å². The monoisotopic (exact) mass is 440 g/mol. The van der Waals surface area contributed by atoms with E-state index in [1.165, 1.54) is 24.3 Å². The molecule has 2 unspecified atom stereocenters. The van der Waals surface area contributed by atoms with Gasteiger partial charge in [-0.1, -0.05) is 17.3 Å². The molecular weight excluding hydrogens is 414 g/mol. The Bertz CT molecular complexity index is 1040. The van der Waals surface area contributed by atoms with Crippen LogP contribution in [0.4, 0.5) is 8.78 Å². The molecule has 8 heteroatoms. The number of carbonyl (C=O) groups is 1. The van der Waals surface area contributed by atoms with Crippen molar-refractivity contribution in [3.8, 4) is 11.4 Å². The number of piperidine rings is 1. The molecule has 32 heavy (non-hydrogen) atoms. The largest absolute Gasteiger partial charge is 0.354 e. The van der Waals surface area contributed by atoms with Crippen LogP contribution in [0.5, 0.6) is 0 Å². The van der Waals surface area contributed by atoms with E-state index in [9.17, 15) is 13.6 Å². The van der Waals surface area contributed by atoms with Crippen LogP contribution in [0.3, 0.4) is 0 Å². The number of nitrogens with one attached hydrogen (secondary N) is 1. The Morgan fingerprint density at radius 2 is 1.84 bits per heavy atom. The second-order valence-electron chi connectivity index (χ2n) is 8.14. The first kappa shape index (κ1) is 22.1. The highest BCUT2D eigenvalue weighted by atomic mass is 19.1. The van der Waals surface area contributed by atoms with Gasteiger partial charge in [-0.05, 0) is 74.7 Å². The molecular formula is C24H26F2N4O2. The van der Waals surface area contributed by atoms with Crippen LogP contribution >= 0.6 is 0 Å². The van der Waals surface area contributed by atoms with Gasteiger partial charge in [-0.2, -0.15) is 4.98 Å². The van der Waals surface area contributed by atoms with E-state index in [-0.39, 0.29) is 29.5 Å². The van der Waals surface area contributed by atoms with Gasteiger partial charge in [-0.25, -0.2) is 8.78 Å². The average molecular weight is 440 g/mol. The van der Waals surface area contributed by atoms with Crippen molar-refractivity contribution in [3.05, 3.63) is 71.6 Å². The van der Waals surface area contributed by atoms with Gasteiger partial charge >= 0.3 is 0 Å². The molecule has 1 saturated heterocycles. The van der Waals surface area contributed by atoms with Crippen molar-refractivity contribution >= 4 is 5.91 Å². The lowest BCUT2D eigenvalue weighted by atomic mass is 9.96. The summed E-state index contributed by atoms with van der Waals surface area (Å²) in [7, 11) is 0. The fraction of sp³-hybridized carbons (Fsp3) is 0.375. The van der Waals surface area contributed by atoms with E-state index < -0.39 is 0 Å². The summed E-state index contributed by atoms with van der Waals surface area (Å²) in [5.41, 5.74) is 1.67. The van der Waals surface area contributed by atoms with Crippen LogP contribution in [0.1, 0.15) is 37.1 Å². The maximum absolute atomic E-state index is 13.1. The number of nitrogens with zero attached hydrogens (tertiary/aromatic N) is 3. The van der Waals surface area contributed by atoms with Crippen LogP contribution in [-0.4, -0.2) is 46.6 Å². The molecule has 0 radical (unpaired) electrons. The molecule has 1 N–H and O–H groups in total. The molecule has 0 spiro atoms. The lowest BCUT2D eigenvalue weighted by Gasteiger charge is -2.34. The van der Waals surface area contributed by atoms with Gasteiger partial charge in [0.25, 0.3) is 0 Å². The lowest BCUT2D eigenvalue weighted by molar-refractivity contribution is -0.126. The summed E-state index contributed by atoms with van der Waals surface area (Å²) in [6.45, 7) is 3.86. The first-order valence-electron chi connectivity index (χ1n) is 10.9. The fourth-order valence-electron chi connectivity index (χ4n) is 3.97. The number of halogens is 2. The molecule has 2 heterocycles. The summed E-state index contributed by atoms with van der Waals surface area (Å²) in [5, 5.41) is 7.01. The summed E-state index contributed by atoms with van der Waals surface area (Å²) in [6.07, 6.45) is 2.47. The predicted molar refractivity (Wildman–Crippen MR) is 116 cm³/mol. The standard InChI is InChI=1S/C24H26F2N4O2/c1-16(23(31)27-13-12-17-4-8-20(25)9-5-17)30-14-2-3-19(15-30)24-28-22(29-32-24)18-6-10-21(26)11-7-18/h4-11,16,19H,2-3,12-15H2,1H3,(H,27,31). The second kappa shape index (κ2) is 9.99. The zero-order valence-electron chi connectivity index (χ0n) is 17.9. The van der Waals surface area contributed by atoms with Crippen LogP contribution in [-0.2, 0) is 11.2 Å². The van der Waals surface area contributed by atoms with E-state index in [2.05, 4.69) is 20.4 Å². The zero-order valence-corrected chi connectivity index (χ0v) is 17.9. The van der Waals surface area contributed by atoms with E-state index in [0.29, 0.717) is 36.8 Å². The number of aromatic nitrogens is 2. The van der Waals surface area contributed by atoms with Crippen LogP contribution in [0.25, 0.3) is 11.4 Å². The van der Waals surface area contributed by atoms with Gasteiger partial charge in [-0.3, -0.25) is 9.69 Å². The number of hydrogen-bond acceptors (Lipinski definition) is 5. The number of benzene rings is 2. The highest BCUT2D eigenvalue weighted by Crippen LogP contribution is 2.28. The topological polar surface area (TPSA) is 71.3 Å². The minimum absolute atomic E-state index is 0.0368. The molecule has 2 aromatic carbocycles. The summed E-state index contributed by atoms with van der Waals surface area (Å²) < 4.78 is 31.6. The van der Waals surface area contributed by atoms with E-state index in [1.54, 1.807) is 24.3 Å². The molecule has 3 aromatic rings. The molecule has 168 valence electrons. The van der Waals surface area contributed by atoms with E-state index in [1.807, 2.05) is 6.92 Å². The van der Waals surface area contributed by atoms with Crippen molar-refractivity contribution in [3.63, 3.8) is 0 Å². The molecule has 0 saturated carbocycles. The fourth-order valence-corrected chi connectivity index (χ4v) is 3.97. The van der Waals surface area contributed by atoms with Crippen molar-refractivity contribution in [1.82, 2.24) is 20.4 Å². The van der Waals surface area contributed by atoms with Gasteiger partial charge in [-0.15, -0.1) is 0 Å². The van der Waals surface area contributed by atoms with Gasteiger partial charge in [0.05, 0.1) is 12.0 Å². The van der Waals surface area contributed by atoms with Crippen LogP contribution < -0.4 is 5.32 Å². The first-order chi connectivity index (χ1) is 15.5. The normalized spacial score (nSPS) is 17.8. The summed E-state index contributed by atoms with van der Waals surface area (Å²) >= 11 is 0. The number of carbonyl (C=O) groups excluding carboxylic acids is 1. The maximum atomic E-state index is 13.1. The van der Waals surface area contributed by atoms with Crippen molar-refractivity contribution in [1.29, 1.82) is 0 Å². The maximum Gasteiger partial charge on any atom is 0.237 e. The Hall–Kier alpha value is -3.13. The third-order valence-electron chi connectivity index (χ3n) is 5.90. The smallest absolute Gasteiger partial charge is 0.237 e. The summed E-state index contributed by atoms with van der Waals surface area (Å²) in [6, 6.07) is 12.0. The third-order valence-corrected chi connectivity index (χ3v) is 5.90. The molecule has 1 fully saturated rings. The number of hydrogen-bond donors (Lipinski definition) is 1. The Kier molecular flexibility index (Phi) is 6.90. The van der Waals surface area contributed by atoms with Crippen molar-refractivity contribution < 1.29 is 18.1 Å². The number of likely N-dealkylation sites (tertiary alicyclic amines) is 1. The summed E-state index contributed by atoms with van der Waals surface area (Å²) in [4.78, 5) is 19.3. The van der Waals surface area contributed by atoms with E-state index >= 15 is 0 Å². The van der Waals surface area contributed by atoms with Gasteiger partial charge in [0.15, 0.2) is 0 Å². The molecule has 4 rings (SSSR count). The Balaban J connectivity index is 1.31. The second-order valence-corrected chi connectivity index (χ2v) is 8.14. The lowest BCUT2D eigenvalue weighted by Crippen LogP contribution is -2.49. The van der Waals surface area contributed by atoms with Crippen LogP contribution in [0, 0.1) is 11.6 Å². The van der Waals surface area contributed by atoms with E-state index in [0.717, 1.165) is 24.9 Å². The number of rotatable bonds is 7. The van der Waals surface area contributed by atoms with Crippen molar-refractivity contribution in [2.45, 2.75) is 38.1 Å². The average Bonchev–Trinajstić information content (AvgIpc) is 3.31. The third kappa shape index (κ3) is 5.37. The summed E-state index contributed by atoms with van der Waals surface area (Å²) in [5.74, 6) is 0.397. The molecule has 1 amide bonds. The highest BCUT2D eigenvalue weighted by Gasteiger charge is 2.31. The highest BCUT2D eigenvalue weighted by molar-refractivity contribution is 5.81. The number of amides is 1. The van der Waals surface area contributed by atoms with Crippen molar-refractivity contribution in [2.24, 2.45) is 0 Å². The molecule has 0 aliphatic carbocycles. The molecule has 2 atom stereocenters. The predicted octanol–water partition coefficient (Wildman–Crippen LogP) is 3.94. The minimum Gasteiger partial charge on any atom is -0.354 e. The Morgan fingerprint density at radius 1 is 1.16 bits per heavy atom. The molecule has 0 bridgehead atoms. The molecule has 6 nitrogen and oxygen atoms in total. The van der Waals surface area contributed by atoms with E-state index in [4.69, 9.17) is 4.52 Å². The van der Waals surface area contributed by atoms with Gasteiger partial charge < -0.3 is 9.84 Å². The Labute approximate surface area is 185 Å². The first-order valence-corrected chi connectivity index (χ1v) is 10.9. The van der Waals surface area contributed by atoms with Gasteiger partial charge in [0.1, 0.15) is 11.6 Å². The van der Waals surface area contributed by atoms with Gasteiger partial charge in [0.2, 0.25) is 17.6 Å². The molecule has 1 aromatic heterocycles. The zero-order chi connectivity index (χ0) is 22.5. The quantitative estimate of drug-likeness (QED) is 0.603. The molecule has 1 aliphatic heterocycles. The SMILES string of the molecule is CC(C(=O)NCCc1ccc(F)cc1)N1CCCC(c2nc(-c3ccc(F)cc3)no2)C1. The molecule has 1 aliphatic rings. The minimum atomic E-state index is -0.315. The van der Waals surface area contributed by atoms with Crippen LogP contribution in [0.2, 0.25) is 0 Å².